The molecule has 1 fully saturated rings. The molecule has 0 bridgehead atoms. The van der Waals surface area contributed by atoms with Gasteiger partial charge in [0.1, 0.15) is 0 Å². The molecule has 108 valence electrons. The van der Waals surface area contributed by atoms with Gasteiger partial charge in [-0.3, -0.25) is 9.48 Å². The molecule has 0 spiro atoms. The average molecular weight is 287 g/mol. The summed E-state index contributed by atoms with van der Waals surface area (Å²) in [7, 11) is 1.86. The molecule has 1 amide bonds. The van der Waals surface area contributed by atoms with Gasteiger partial charge in [0.15, 0.2) is 0 Å². The number of nitrogens with two attached hydrogens (primary N) is 1. The number of hydrogen-bond donors (Lipinski definition) is 2. The zero-order valence-corrected chi connectivity index (χ0v) is 12.6. The van der Waals surface area contributed by atoms with Crippen LogP contribution in [0.5, 0.6) is 0 Å². The van der Waals surface area contributed by atoms with Crippen LogP contribution in [0, 0.1) is 19.8 Å². The van der Waals surface area contributed by atoms with Gasteiger partial charge in [0.05, 0.1) is 11.3 Å². The maximum absolute atomic E-state index is 12.3. The number of halogens is 1. The first-order valence-electron chi connectivity index (χ1n) is 6.55. The Morgan fingerprint density at radius 1 is 1.47 bits per heavy atom. The van der Waals surface area contributed by atoms with E-state index in [0.717, 1.165) is 30.7 Å². The highest BCUT2D eigenvalue weighted by Gasteiger charge is 2.29. The Balaban J connectivity index is 0.00000180. The predicted octanol–water partition coefficient (Wildman–Crippen LogP) is 1.32. The zero-order chi connectivity index (χ0) is 13.3. The third-order valence-electron chi connectivity index (χ3n) is 4.01. The van der Waals surface area contributed by atoms with Crippen LogP contribution in [0.15, 0.2) is 0 Å². The summed E-state index contributed by atoms with van der Waals surface area (Å²) in [6.45, 7) is 4.44. The standard InChI is InChI=1S/C13H22N4O.ClH/c1-8-12(9(2)17(3)16-8)13(18)15-11-6-4-5-10(11)7-14;/h10-11H,4-7,14H2,1-3H3,(H,15,18);1H. The number of carbonyl (C=O) groups is 1. The largest absolute Gasteiger partial charge is 0.349 e. The van der Waals surface area contributed by atoms with Crippen LogP contribution in [0.1, 0.15) is 41.0 Å². The molecule has 2 unspecified atom stereocenters. The molecule has 19 heavy (non-hydrogen) atoms. The van der Waals surface area contributed by atoms with E-state index in [1.165, 1.54) is 0 Å². The van der Waals surface area contributed by atoms with Crippen LogP contribution < -0.4 is 11.1 Å². The monoisotopic (exact) mass is 286 g/mol. The van der Waals surface area contributed by atoms with Crippen molar-refractivity contribution in [2.24, 2.45) is 18.7 Å². The van der Waals surface area contributed by atoms with Gasteiger partial charge >= 0.3 is 0 Å². The van der Waals surface area contributed by atoms with Crippen molar-refractivity contribution in [2.75, 3.05) is 6.54 Å². The fourth-order valence-electron chi connectivity index (χ4n) is 2.85. The van der Waals surface area contributed by atoms with Crippen LogP contribution in [0.4, 0.5) is 0 Å². The van der Waals surface area contributed by atoms with Crippen molar-refractivity contribution in [2.45, 2.75) is 39.2 Å². The lowest BCUT2D eigenvalue weighted by Crippen LogP contribution is -2.40. The number of aromatic nitrogens is 2. The molecule has 0 aliphatic heterocycles. The molecule has 2 rings (SSSR count). The van der Waals surface area contributed by atoms with E-state index in [0.29, 0.717) is 18.0 Å². The van der Waals surface area contributed by atoms with Crippen molar-refractivity contribution in [3.8, 4) is 0 Å². The molecular weight excluding hydrogens is 264 g/mol. The summed E-state index contributed by atoms with van der Waals surface area (Å²) in [4.78, 5) is 12.3. The van der Waals surface area contributed by atoms with Gasteiger partial charge in [-0.05, 0) is 39.2 Å². The first-order valence-corrected chi connectivity index (χ1v) is 6.55. The Labute approximate surface area is 120 Å². The molecular formula is C13H23ClN4O. The van der Waals surface area contributed by atoms with Gasteiger partial charge < -0.3 is 11.1 Å². The predicted molar refractivity (Wildman–Crippen MR) is 77.6 cm³/mol. The summed E-state index contributed by atoms with van der Waals surface area (Å²) >= 11 is 0. The molecule has 5 nitrogen and oxygen atoms in total. The highest BCUT2D eigenvalue weighted by Crippen LogP contribution is 2.25. The molecule has 0 aromatic carbocycles. The number of nitrogens with one attached hydrogen (secondary N) is 1. The van der Waals surface area contributed by atoms with Crippen LogP contribution in [0.2, 0.25) is 0 Å². The lowest BCUT2D eigenvalue weighted by atomic mass is 10.0. The molecule has 0 radical (unpaired) electrons. The Morgan fingerprint density at radius 2 is 2.16 bits per heavy atom. The van der Waals surface area contributed by atoms with E-state index in [2.05, 4.69) is 10.4 Å². The zero-order valence-electron chi connectivity index (χ0n) is 11.8. The fourth-order valence-corrected chi connectivity index (χ4v) is 2.85. The van der Waals surface area contributed by atoms with E-state index in [-0.39, 0.29) is 24.4 Å². The van der Waals surface area contributed by atoms with Gasteiger partial charge in [0, 0.05) is 18.8 Å². The van der Waals surface area contributed by atoms with Crippen LogP contribution in [0.25, 0.3) is 0 Å². The number of aryl methyl sites for hydroxylation is 2. The number of hydrogen-bond acceptors (Lipinski definition) is 3. The first kappa shape index (κ1) is 16.0. The fraction of sp³-hybridized carbons (Fsp3) is 0.692. The molecule has 1 saturated carbocycles. The summed E-state index contributed by atoms with van der Waals surface area (Å²) in [5.41, 5.74) is 8.14. The van der Waals surface area contributed by atoms with E-state index >= 15 is 0 Å². The van der Waals surface area contributed by atoms with E-state index in [9.17, 15) is 4.79 Å². The van der Waals surface area contributed by atoms with Crippen LogP contribution >= 0.6 is 12.4 Å². The minimum Gasteiger partial charge on any atom is -0.349 e. The molecule has 1 aliphatic carbocycles. The first-order chi connectivity index (χ1) is 8.54. The van der Waals surface area contributed by atoms with Gasteiger partial charge in [0.2, 0.25) is 0 Å². The average Bonchev–Trinajstić information content (AvgIpc) is 2.85. The maximum Gasteiger partial charge on any atom is 0.255 e. The van der Waals surface area contributed by atoms with Gasteiger partial charge in [-0.25, -0.2) is 0 Å². The van der Waals surface area contributed by atoms with E-state index < -0.39 is 0 Å². The Bertz CT molecular complexity index is 458. The molecule has 3 N–H and O–H groups in total. The highest BCUT2D eigenvalue weighted by molar-refractivity contribution is 5.96. The van der Waals surface area contributed by atoms with Gasteiger partial charge in [-0.2, -0.15) is 5.10 Å². The number of rotatable bonds is 3. The molecule has 1 aliphatic rings. The van der Waals surface area contributed by atoms with E-state index in [4.69, 9.17) is 5.73 Å². The Hall–Kier alpha value is -1.07. The Kier molecular flexibility index (Phi) is 5.38. The SMILES string of the molecule is Cc1nn(C)c(C)c1C(=O)NC1CCCC1CN.Cl. The molecule has 1 aromatic heterocycles. The summed E-state index contributed by atoms with van der Waals surface area (Å²) in [6, 6.07) is 0.224. The van der Waals surface area contributed by atoms with Crippen LogP contribution in [-0.2, 0) is 7.05 Å². The minimum atomic E-state index is -0.0107. The molecule has 1 heterocycles. The summed E-state index contributed by atoms with van der Waals surface area (Å²) in [5, 5.41) is 7.40. The van der Waals surface area contributed by atoms with E-state index in [1.54, 1.807) is 4.68 Å². The second kappa shape index (κ2) is 6.39. The van der Waals surface area contributed by atoms with Gasteiger partial charge in [0.25, 0.3) is 5.91 Å². The number of amides is 1. The van der Waals surface area contributed by atoms with Gasteiger partial charge in [-0.1, -0.05) is 6.42 Å². The normalized spacial score (nSPS) is 22.1. The van der Waals surface area contributed by atoms with Crippen molar-refractivity contribution in [1.29, 1.82) is 0 Å². The third-order valence-corrected chi connectivity index (χ3v) is 4.01. The van der Waals surface area contributed by atoms with Crippen molar-refractivity contribution in [3.05, 3.63) is 17.0 Å². The summed E-state index contributed by atoms with van der Waals surface area (Å²) in [5.74, 6) is 0.412. The topological polar surface area (TPSA) is 72.9 Å². The third kappa shape index (κ3) is 3.09. The molecule has 6 heteroatoms. The lowest BCUT2D eigenvalue weighted by Gasteiger charge is -2.19. The van der Waals surface area contributed by atoms with E-state index in [1.807, 2.05) is 20.9 Å². The second-order valence-electron chi connectivity index (χ2n) is 5.18. The quantitative estimate of drug-likeness (QED) is 0.880. The molecule has 0 saturated heterocycles. The summed E-state index contributed by atoms with van der Waals surface area (Å²) < 4.78 is 1.75. The van der Waals surface area contributed by atoms with Crippen molar-refractivity contribution >= 4 is 18.3 Å². The van der Waals surface area contributed by atoms with Crippen LogP contribution in [0.3, 0.4) is 0 Å². The van der Waals surface area contributed by atoms with Gasteiger partial charge in [-0.15, -0.1) is 12.4 Å². The van der Waals surface area contributed by atoms with Crippen molar-refractivity contribution in [3.63, 3.8) is 0 Å². The smallest absolute Gasteiger partial charge is 0.255 e. The maximum atomic E-state index is 12.3. The highest BCUT2D eigenvalue weighted by atomic mass is 35.5. The van der Waals surface area contributed by atoms with Crippen molar-refractivity contribution < 1.29 is 4.79 Å². The second-order valence-corrected chi connectivity index (χ2v) is 5.18. The Morgan fingerprint density at radius 3 is 2.68 bits per heavy atom. The molecule has 1 aromatic rings. The lowest BCUT2D eigenvalue weighted by molar-refractivity contribution is 0.0927. The minimum absolute atomic E-state index is 0. The molecule has 2 atom stereocenters. The van der Waals surface area contributed by atoms with Crippen molar-refractivity contribution in [1.82, 2.24) is 15.1 Å². The summed E-state index contributed by atoms with van der Waals surface area (Å²) in [6.07, 6.45) is 3.30. The number of carbonyl (C=O) groups excluding carboxylic acids is 1. The number of nitrogens with zero attached hydrogens (tertiary/aromatic N) is 2. The van der Waals surface area contributed by atoms with Crippen LogP contribution in [-0.4, -0.2) is 28.3 Å².